The van der Waals surface area contributed by atoms with Crippen molar-refractivity contribution in [3.63, 3.8) is 0 Å². The second kappa shape index (κ2) is 7.59. The molecule has 0 bridgehead atoms. The zero-order valence-corrected chi connectivity index (χ0v) is 13.2. The van der Waals surface area contributed by atoms with Crippen LogP contribution >= 0.6 is 0 Å². The van der Waals surface area contributed by atoms with Crippen LogP contribution in [0.2, 0.25) is 0 Å². The van der Waals surface area contributed by atoms with Crippen LogP contribution in [-0.4, -0.2) is 29.7 Å². The van der Waals surface area contributed by atoms with Crippen LogP contribution in [0.25, 0.3) is 10.9 Å². The summed E-state index contributed by atoms with van der Waals surface area (Å²) in [4.78, 5) is 7.21. The molecule has 0 aliphatic rings. The topological polar surface area (TPSA) is 47.0 Å². The van der Waals surface area contributed by atoms with Gasteiger partial charge in [0.1, 0.15) is 5.82 Å². The molecule has 0 radical (unpaired) electrons. The van der Waals surface area contributed by atoms with Crippen molar-refractivity contribution < 1.29 is 17.9 Å². The second-order valence-electron chi connectivity index (χ2n) is 5.66. The number of halogens is 3. The Morgan fingerprint density at radius 1 is 1.17 bits per heavy atom. The molecule has 2 aromatic rings. The standard InChI is InChI=1S/C16H20F3N3O/c1-11(2)10-23-9-5-8-20-14-12-6-3-4-7-13(12)21-15(22-14)16(17,18)19/h3-4,6-7,11H,5,8-10H2,1-2H3,(H,20,21,22). The van der Waals surface area contributed by atoms with E-state index >= 15 is 0 Å². The van der Waals surface area contributed by atoms with Gasteiger partial charge in [-0.2, -0.15) is 13.2 Å². The lowest BCUT2D eigenvalue weighted by Gasteiger charge is -2.12. The highest BCUT2D eigenvalue weighted by Gasteiger charge is 2.35. The quantitative estimate of drug-likeness (QED) is 0.777. The Kier molecular flexibility index (Phi) is 5.76. The van der Waals surface area contributed by atoms with Crippen molar-refractivity contribution in [1.82, 2.24) is 9.97 Å². The summed E-state index contributed by atoms with van der Waals surface area (Å²) in [5, 5.41) is 3.53. The zero-order valence-electron chi connectivity index (χ0n) is 13.2. The fourth-order valence-electron chi connectivity index (χ4n) is 2.04. The molecule has 0 atom stereocenters. The van der Waals surface area contributed by atoms with Crippen LogP contribution in [0, 0.1) is 5.92 Å². The molecule has 0 fully saturated rings. The molecule has 0 saturated carbocycles. The molecule has 2 rings (SSSR count). The van der Waals surface area contributed by atoms with Crippen LogP contribution in [0.5, 0.6) is 0 Å². The smallest absolute Gasteiger partial charge is 0.381 e. The Labute approximate surface area is 133 Å². The lowest BCUT2D eigenvalue weighted by Crippen LogP contribution is -2.15. The van der Waals surface area contributed by atoms with E-state index in [1.165, 1.54) is 0 Å². The molecule has 126 valence electrons. The largest absolute Gasteiger partial charge is 0.451 e. The summed E-state index contributed by atoms with van der Waals surface area (Å²) in [7, 11) is 0. The molecule has 0 aliphatic heterocycles. The van der Waals surface area contributed by atoms with Crippen molar-refractivity contribution in [3.05, 3.63) is 30.1 Å². The van der Waals surface area contributed by atoms with Crippen molar-refractivity contribution >= 4 is 16.7 Å². The third-order valence-electron chi connectivity index (χ3n) is 3.07. The number of alkyl halides is 3. The van der Waals surface area contributed by atoms with E-state index in [0.717, 1.165) is 0 Å². The molecule has 1 aromatic carbocycles. The van der Waals surface area contributed by atoms with E-state index in [-0.39, 0.29) is 11.3 Å². The van der Waals surface area contributed by atoms with Gasteiger partial charge in [-0.05, 0) is 24.5 Å². The number of rotatable bonds is 7. The van der Waals surface area contributed by atoms with Gasteiger partial charge in [0.2, 0.25) is 5.82 Å². The van der Waals surface area contributed by atoms with Crippen LogP contribution < -0.4 is 5.32 Å². The third-order valence-corrected chi connectivity index (χ3v) is 3.07. The van der Waals surface area contributed by atoms with Crippen LogP contribution in [-0.2, 0) is 10.9 Å². The van der Waals surface area contributed by atoms with Crippen molar-refractivity contribution in [1.29, 1.82) is 0 Å². The minimum absolute atomic E-state index is 0.201. The van der Waals surface area contributed by atoms with Gasteiger partial charge in [-0.1, -0.05) is 26.0 Å². The van der Waals surface area contributed by atoms with Gasteiger partial charge in [0.05, 0.1) is 5.52 Å². The van der Waals surface area contributed by atoms with E-state index in [4.69, 9.17) is 4.74 Å². The van der Waals surface area contributed by atoms with Crippen molar-refractivity contribution in [2.24, 2.45) is 5.92 Å². The summed E-state index contributed by atoms with van der Waals surface area (Å²) in [6.45, 7) is 5.83. The Balaban J connectivity index is 2.06. The fraction of sp³-hybridized carbons (Fsp3) is 0.500. The van der Waals surface area contributed by atoms with Gasteiger partial charge in [-0.15, -0.1) is 0 Å². The maximum absolute atomic E-state index is 12.9. The van der Waals surface area contributed by atoms with Gasteiger partial charge in [0.15, 0.2) is 0 Å². The summed E-state index contributed by atoms with van der Waals surface area (Å²) in [6, 6.07) is 6.64. The first-order valence-corrected chi connectivity index (χ1v) is 7.53. The minimum Gasteiger partial charge on any atom is -0.381 e. The van der Waals surface area contributed by atoms with Crippen LogP contribution in [0.15, 0.2) is 24.3 Å². The molecule has 1 N–H and O–H groups in total. The second-order valence-corrected chi connectivity index (χ2v) is 5.66. The highest BCUT2D eigenvalue weighted by molar-refractivity contribution is 5.89. The van der Waals surface area contributed by atoms with Crippen LogP contribution in [0.3, 0.4) is 0 Å². The maximum Gasteiger partial charge on any atom is 0.451 e. The van der Waals surface area contributed by atoms with E-state index in [2.05, 4.69) is 29.1 Å². The van der Waals surface area contributed by atoms with Gasteiger partial charge in [-0.3, -0.25) is 0 Å². The Bertz CT molecular complexity index is 644. The summed E-state index contributed by atoms with van der Waals surface area (Å²) in [5.74, 6) is -0.468. The van der Waals surface area contributed by atoms with Crippen LogP contribution in [0.1, 0.15) is 26.1 Å². The molecule has 0 amide bonds. The zero-order chi connectivity index (χ0) is 16.9. The summed E-state index contributed by atoms with van der Waals surface area (Å²) >= 11 is 0. The molecular formula is C16H20F3N3O. The predicted molar refractivity (Wildman–Crippen MR) is 83.3 cm³/mol. The Hall–Kier alpha value is -1.89. The van der Waals surface area contributed by atoms with E-state index in [1.807, 2.05) is 0 Å². The fourth-order valence-corrected chi connectivity index (χ4v) is 2.04. The van der Waals surface area contributed by atoms with E-state index < -0.39 is 12.0 Å². The molecule has 0 spiro atoms. The minimum atomic E-state index is -4.57. The number of nitrogens with zero attached hydrogens (tertiary/aromatic N) is 2. The monoisotopic (exact) mass is 327 g/mol. The van der Waals surface area contributed by atoms with Gasteiger partial charge in [-0.25, -0.2) is 9.97 Å². The molecule has 23 heavy (non-hydrogen) atoms. The van der Waals surface area contributed by atoms with Gasteiger partial charge < -0.3 is 10.1 Å². The van der Waals surface area contributed by atoms with Crippen molar-refractivity contribution in [3.8, 4) is 0 Å². The van der Waals surface area contributed by atoms with E-state index in [9.17, 15) is 13.2 Å². The highest BCUT2D eigenvalue weighted by Crippen LogP contribution is 2.30. The number of ether oxygens (including phenoxy) is 1. The first-order chi connectivity index (χ1) is 10.9. The number of hydrogen-bond donors (Lipinski definition) is 1. The summed E-state index contributed by atoms with van der Waals surface area (Å²) in [6.07, 6.45) is -3.88. The number of aromatic nitrogens is 2. The first-order valence-electron chi connectivity index (χ1n) is 7.53. The molecule has 0 unspecified atom stereocenters. The number of benzene rings is 1. The number of para-hydroxylation sites is 1. The number of hydrogen-bond acceptors (Lipinski definition) is 4. The number of fused-ring (bicyclic) bond motifs is 1. The van der Waals surface area contributed by atoms with E-state index in [1.54, 1.807) is 24.3 Å². The normalized spacial score (nSPS) is 12.1. The lowest BCUT2D eigenvalue weighted by atomic mass is 10.2. The molecular weight excluding hydrogens is 307 g/mol. The molecule has 7 heteroatoms. The lowest BCUT2D eigenvalue weighted by molar-refractivity contribution is -0.144. The molecule has 0 aliphatic carbocycles. The molecule has 4 nitrogen and oxygen atoms in total. The van der Waals surface area contributed by atoms with Crippen molar-refractivity contribution in [2.75, 3.05) is 25.1 Å². The highest BCUT2D eigenvalue weighted by atomic mass is 19.4. The maximum atomic E-state index is 12.9. The average Bonchev–Trinajstić information content (AvgIpc) is 2.49. The third kappa shape index (κ3) is 5.06. The number of anilines is 1. The van der Waals surface area contributed by atoms with Gasteiger partial charge in [0.25, 0.3) is 0 Å². The van der Waals surface area contributed by atoms with Gasteiger partial charge in [0, 0.05) is 25.1 Å². The summed E-state index contributed by atoms with van der Waals surface area (Å²) in [5.41, 5.74) is 0.272. The Morgan fingerprint density at radius 3 is 2.61 bits per heavy atom. The SMILES string of the molecule is CC(C)COCCCNc1nc(C(F)(F)F)nc2ccccc12. The average molecular weight is 327 g/mol. The Morgan fingerprint density at radius 2 is 1.91 bits per heavy atom. The van der Waals surface area contributed by atoms with Gasteiger partial charge >= 0.3 is 6.18 Å². The summed E-state index contributed by atoms with van der Waals surface area (Å²) < 4.78 is 44.1. The van der Waals surface area contributed by atoms with Crippen LogP contribution in [0.4, 0.5) is 19.0 Å². The molecule has 0 saturated heterocycles. The van der Waals surface area contributed by atoms with E-state index in [0.29, 0.717) is 37.5 Å². The first kappa shape index (κ1) is 17.5. The number of nitrogens with one attached hydrogen (secondary N) is 1. The molecule has 1 heterocycles. The molecule has 1 aromatic heterocycles. The van der Waals surface area contributed by atoms with Crippen molar-refractivity contribution in [2.45, 2.75) is 26.4 Å². The predicted octanol–water partition coefficient (Wildman–Crippen LogP) is 4.12.